The maximum atomic E-state index is 10.6. The maximum Gasteiger partial charge on any atom is 0.193 e. The number of hydrogen-bond acceptors (Lipinski definition) is 5. The zero-order valence-corrected chi connectivity index (χ0v) is 19.6. The maximum absolute atomic E-state index is 10.6. The molecule has 0 bridgehead atoms. The van der Waals surface area contributed by atoms with Gasteiger partial charge in [-0.15, -0.1) is 0 Å². The Bertz CT molecular complexity index is 1520. The largest absolute Gasteiger partial charge is 0.496 e. The summed E-state index contributed by atoms with van der Waals surface area (Å²) in [5.74, 6) is 1.80. The number of nitriles is 2. The average Bonchev–Trinajstić information content (AvgIpc) is 3.44. The predicted octanol–water partition coefficient (Wildman–Crippen LogP) is 5.84. The Labute approximate surface area is 203 Å². The van der Waals surface area contributed by atoms with Gasteiger partial charge < -0.3 is 18.8 Å². The fraction of sp³-hybridized carbons (Fsp3) is 0.172. The van der Waals surface area contributed by atoms with Crippen LogP contribution in [0.25, 0.3) is 22.6 Å². The third-order valence-electron chi connectivity index (χ3n) is 6.66. The van der Waals surface area contributed by atoms with Crippen molar-refractivity contribution in [3.8, 4) is 29.4 Å². The van der Waals surface area contributed by atoms with Crippen molar-refractivity contribution in [2.75, 3.05) is 21.3 Å². The predicted molar refractivity (Wildman–Crippen MR) is 134 cm³/mol. The summed E-state index contributed by atoms with van der Waals surface area (Å²) >= 11 is 0. The molecule has 1 atom stereocenters. The van der Waals surface area contributed by atoms with E-state index in [0.29, 0.717) is 17.1 Å². The van der Waals surface area contributed by atoms with Gasteiger partial charge in [-0.05, 0) is 58.7 Å². The highest BCUT2D eigenvalue weighted by molar-refractivity contribution is 5.95. The lowest BCUT2D eigenvalue weighted by Crippen LogP contribution is -2.26. The molecule has 1 unspecified atom stereocenters. The topological polar surface area (TPSA) is 80.2 Å². The van der Waals surface area contributed by atoms with Crippen molar-refractivity contribution in [3.63, 3.8) is 0 Å². The standard InChI is InChI=1S/C29H23N3O3/c1-33-25-11-7-10-24-20(25)12-13-32(24)28-22-16-27(35-3)26(34-2)15-21(22)23(29(28,17-30)18-31)14-19-8-5-4-6-9-19/h4-16,28H,1-3H3/b23-14-. The second-order valence-corrected chi connectivity index (χ2v) is 8.31. The molecule has 1 heterocycles. The van der Waals surface area contributed by atoms with Crippen LogP contribution in [0.3, 0.4) is 0 Å². The highest BCUT2D eigenvalue weighted by Gasteiger charge is 2.53. The van der Waals surface area contributed by atoms with E-state index in [1.165, 1.54) is 0 Å². The summed E-state index contributed by atoms with van der Waals surface area (Å²) in [7, 11) is 4.78. The fourth-order valence-corrected chi connectivity index (χ4v) is 5.04. The van der Waals surface area contributed by atoms with Crippen LogP contribution in [0.2, 0.25) is 0 Å². The molecule has 1 aromatic heterocycles. The van der Waals surface area contributed by atoms with Gasteiger partial charge in [-0.2, -0.15) is 10.5 Å². The van der Waals surface area contributed by atoms with E-state index in [1.54, 1.807) is 21.3 Å². The first-order valence-electron chi connectivity index (χ1n) is 11.1. The van der Waals surface area contributed by atoms with Gasteiger partial charge in [-0.3, -0.25) is 0 Å². The lowest BCUT2D eigenvalue weighted by atomic mass is 9.79. The van der Waals surface area contributed by atoms with E-state index >= 15 is 0 Å². The molecule has 6 heteroatoms. The first kappa shape index (κ1) is 22.1. The van der Waals surface area contributed by atoms with Crippen LogP contribution in [-0.4, -0.2) is 25.9 Å². The van der Waals surface area contributed by atoms with Gasteiger partial charge in [0.2, 0.25) is 0 Å². The number of allylic oxidation sites excluding steroid dienone is 1. The molecule has 35 heavy (non-hydrogen) atoms. The van der Waals surface area contributed by atoms with E-state index in [0.717, 1.165) is 33.3 Å². The number of rotatable bonds is 5. The minimum atomic E-state index is -1.50. The zero-order valence-electron chi connectivity index (χ0n) is 19.6. The summed E-state index contributed by atoms with van der Waals surface area (Å²) in [5.41, 5.74) is 2.49. The third kappa shape index (κ3) is 3.23. The number of nitrogens with zero attached hydrogens (tertiary/aromatic N) is 3. The molecule has 0 radical (unpaired) electrons. The third-order valence-corrected chi connectivity index (χ3v) is 6.66. The van der Waals surface area contributed by atoms with Crippen LogP contribution in [0.1, 0.15) is 22.7 Å². The van der Waals surface area contributed by atoms with Gasteiger partial charge in [0, 0.05) is 11.6 Å². The van der Waals surface area contributed by atoms with Crippen LogP contribution < -0.4 is 14.2 Å². The molecule has 0 spiro atoms. The van der Waals surface area contributed by atoms with E-state index in [4.69, 9.17) is 14.2 Å². The van der Waals surface area contributed by atoms with Gasteiger partial charge in [0.1, 0.15) is 5.75 Å². The van der Waals surface area contributed by atoms with E-state index in [1.807, 2.05) is 83.6 Å². The summed E-state index contributed by atoms with van der Waals surface area (Å²) in [5, 5.41) is 22.1. The minimum Gasteiger partial charge on any atom is -0.496 e. The van der Waals surface area contributed by atoms with Crippen LogP contribution in [-0.2, 0) is 0 Å². The van der Waals surface area contributed by atoms with Gasteiger partial charge in [-0.1, -0.05) is 36.4 Å². The summed E-state index contributed by atoms with van der Waals surface area (Å²) in [6.45, 7) is 0. The summed E-state index contributed by atoms with van der Waals surface area (Å²) in [6.07, 6.45) is 3.83. The lowest BCUT2D eigenvalue weighted by molar-refractivity contribution is 0.354. The van der Waals surface area contributed by atoms with Crippen molar-refractivity contribution in [1.29, 1.82) is 10.5 Å². The van der Waals surface area contributed by atoms with Crippen LogP contribution in [0.5, 0.6) is 17.2 Å². The van der Waals surface area contributed by atoms with Gasteiger partial charge >= 0.3 is 0 Å². The minimum absolute atomic E-state index is 0.537. The SMILES string of the molecule is COc1cc2c(cc1OC)C(n1ccc3c(OC)cccc31)C(C#N)(C#N)/C2=C\c1ccccc1. The summed E-state index contributed by atoms with van der Waals surface area (Å²) in [6, 6.07) is 25.3. The van der Waals surface area contributed by atoms with Crippen molar-refractivity contribution in [3.05, 3.63) is 89.6 Å². The van der Waals surface area contributed by atoms with E-state index in [9.17, 15) is 10.5 Å². The Kier molecular flexibility index (Phi) is 5.43. The van der Waals surface area contributed by atoms with E-state index < -0.39 is 11.5 Å². The molecule has 4 aromatic rings. The monoisotopic (exact) mass is 461 g/mol. The molecule has 1 aliphatic carbocycles. The molecular weight excluding hydrogens is 438 g/mol. The Morgan fingerprint density at radius 3 is 2.17 bits per heavy atom. The van der Waals surface area contributed by atoms with Gasteiger partial charge in [0.25, 0.3) is 0 Å². The number of methoxy groups -OCH3 is 3. The van der Waals surface area contributed by atoms with Crippen LogP contribution in [0.15, 0.2) is 72.9 Å². The van der Waals surface area contributed by atoms with E-state index in [2.05, 4.69) is 12.1 Å². The lowest BCUT2D eigenvalue weighted by Gasteiger charge is -2.26. The second kappa shape index (κ2) is 8.59. The Morgan fingerprint density at radius 1 is 0.829 bits per heavy atom. The highest BCUT2D eigenvalue weighted by atomic mass is 16.5. The quantitative estimate of drug-likeness (QED) is 0.373. The molecule has 5 rings (SSSR count). The molecular formula is C29H23N3O3. The number of benzene rings is 3. The Morgan fingerprint density at radius 2 is 1.51 bits per heavy atom. The molecule has 6 nitrogen and oxygen atoms in total. The number of fused-ring (bicyclic) bond motifs is 2. The Hall–Kier alpha value is -4.68. The molecule has 0 amide bonds. The summed E-state index contributed by atoms with van der Waals surface area (Å²) < 4.78 is 18.7. The molecule has 0 saturated heterocycles. The number of ether oxygens (including phenoxy) is 3. The second-order valence-electron chi connectivity index (χ2n) is 8.31. The first-order chi connectivity index (χ1) is 17.1. The van der Waals surface area contributed by atoms with Gasteiger partial charge in [0.15, 0.2) is 16.9 Å². The van der Waals surface area contributed by atoms with Crippen LogP contribution in [0, 0.1) is 28.1 Å². The van der Waals surface area contributed by atoms with Crippen molar-refractivity contribution in [2.45, 2.75) is 6.04 Å². The molecule has 0 aliphatic heterocycles. The molecule has 3 aromatic carbocycles. The van der Waals surface area contributed by atoms with Crippen molar-refractivity contribution in [1.82, 2.24) is 4.57 Å². The average molecular weight is 462 g/mol. The highest BCUT2D eigenvalue weighted by Crippen LogP contribution is 2.58. The molecule has 0 N–H and O–H groups in total. The smallest absolute Gasteiger partial charge is 0.193 e. The normalized spacial score (nSPS) is 16.9. The molecule has 0 fully saturated rings. The number of hydrogen-bond donors (Lipinski definition) is 0. The first-order valence-corrected chi connectivity index (χ1v) is 11.1. The zero-order chi connectivity index (χ0) is 24.6. The molecule has 1 aliphatic rings. The Balaban J connectivity index is 1.87. The van der Waals surface area contributed by atoms with Gasteiger partial charge in [0.05, 0.1) is 45.0 Å². The van der Waals surface area contributed by atoms with Crippen LogP contribution in [0.4, 0.5) is 0 Å². The molecule has 0 saturated carbocycles. The molecule has 172 valence electrons. The summed E-state index contributed by atoms with van der Waals surface area (Å²) in [4.78, 5) is 0. The van der Waals surface area contributed by atoms with Crippen molar-refractivity contribution in [2.24, 2.45) is 5.41 Å². The van der Waals surface area contributed by atoms with Gasteiger partial charge in [-0.25, -0.2) is 0 Å². The van der Waals surface area contributed by atoms with Crippen molar-refractivity contribution >= 4 is 22.6 Å². The van der Waals surface area contributed by atoms with E-state index in [-0.39, 0.29) is 0 Å². The van der Waals surface area contributed by atoms with Crippen LogP contribution >= 0.6 is 0 Å². The number of aromatic nitrogens is 1. The van der Waals surface area contributed by atoms with Crippen molar-refractivity contribution < 1.29 is 14.2 Å². The fourth-order valence-electron chi connectivity index (χ4n) is 5.04.